The summed E-state index contributed by atoms with van der Waals surface area (Å²) >= 11 is 6.14. The molecule has 1 aliphatic heterocycles. The van der Waals surface area contributed by atoms with Crippen molar-refractivity contribution in [3.8, 4) is 5.75 Å². The number of H-pyrrole nitrogens is 1. The van der Waals surface area contributed by atoms with E-state index in [1.807, 2.05) is 6.07 Å². The van der Waals surface area contributed by atoms with Gasteiger partial charge in [0, 0.05) is 25.8 Å². The fourth-order valence-electron chi connectivity index (χ4n) is 3.00. The molecule has 0 saturated carbocycles. The van der Waals surface area contributed by atoms with E-state index in [1.165, 1.54) is 7.11 Å². The Morgan fingerprint density at radius 3 is 2.93 bits per heavy atom. The highest BCUT2D eigenvalue weighted by molar-refractivity contribution is 6.32. The van der Waals surface area contributed by atoms with Crippen LogP contribution in [0.15, 0.2) is 24.3 Å². The summed E-state index contributed by atoms with van der Waals surface area (Å²) in [6, 6.07) is 6.95. The molecule has 0 radical (unpaired) electrons. The molecule has 2 N–H and O–H groups in total. The van der Waals surface area contributed by atoms with Crippen LogP contribution >= 0.6 is 11.6 Å². The fraction of sp³-hybridized carbons (Fsp3) is 0.389. The molecule has 2 amide bonds. The minimum Gasteiger partial charge on any atom is -0.495 e. The van der Waals surface area contributed by atoms with Crippen molar-refractivity contribution in [1.29, 1.82) is 0 Å². The van der Waals surface area contributed by atoms with Crippen LogP contribution in [0.3, 0.4) is 0 Å². The third-order valence-corrected chi connectivity index (χ3v) is 4.67. The maximum Gasteiger partial charge on any atom is 0.227 e. The lowest BCUT2D eigenvalue weighted by Crippen LogP contribution is -2.32. The quantitative estimate of drug-likeness (QED) is 0.750. The van der Waals surface area contributed by atoms with Gasteiger partial charge in [-0.05, 0) is 24.3 Å². The molecule has 1 aromatic carbocycles. The highest BCUT2D eigenvalue weighted by Crippen LogP contribution is 2.32. The first-order valence-corrected chi connectivity index (χ1v) is 8.83. The number of amides is 2. The molecule has 3 rings (SSSR count). The molecule has 9 heteroatoms. The molecule has 2 heterocycles. The number of anilines is 1. The van der Waals surface area contributed by atoms with E-state index in [1.54, 1.807) is 30.2 Å². The van der Waals surface area contributed by atoms with E-state index >= 15 is 0 Å². The van der Waals surface area contributed by atoms with E-state index in [9.17, 15) is 9.59 Å². The second-order valence-electron chi connectivity index (χ2n) is 6.26. The molecule has 2 aromatic rings. The molecular weight excluding hydrogens is 372 g/mol. The van der Waals surface area contributed by atoms with E-state index in [-0.39, 0.29) is 18.2 Å². The van der Waals surface area contributed by atoms with Crippen LogP contribution in [-0.2, 0) is 27.5 Å². The minimum absolute atomic E-state index is 0.111. The van der Waals surface area contributed by atoms with E-state index in [4.69, 9.17) is 21.1 Å². The number of aromatic amines is 1. The van der Waals surface area contributed by atoms with Crippen LogP contribution in [0.1, 0.15) is 17.8 Å². The lowest BCUT2D eigenvalue weighted by atomic mass is 10.1. The second kappa shape index (κ2) is 8.41. The normalized spacial score (nSPS) is 16.6. The Balaban J connectivity index is 1.59. The maximum atomic E-state index is 12.4. The van der Waals surface area contributed by atoms with E-state index in [2.05, 4.69) is 15.5 Å². The summed E-state index contributed by atoms with van der Waals surface area (Å²) in [6.45, 7) is 1.03. The Morgan fingerprint density at radius 2 is 2.22 bits per heavy atom. The van der Waals surface area contributed by atoms with Gasteiger partial charge in [-0.3, -0.25) is 14.7 Å². The van der Waals surface area contributed by atoms with Crippen LogP contribution in [0.4, 0.5) is 5.69 Å². The van der Waals surface area contributed by atoms with Crippen molar-refractivity contribution in [1.82, 2.24) is 15.5 Å². The van der Waals surface area contributed by atoms with Gasteiger partial charge in [0.2, 0.25) is 11.8 Å². The van der Waals surface area contributed by atoms with Gasteiger partial charge in [0.1, 0.15) is 5.75 Å². The molecule has 27 heavy (non-hydrogen) atoms. The van der Waals surface area contributed by atoms with Crippen LogP contribution in [0.2, 0.25) is 5.02 Å². The number of nitrogens with one attached hydrogen (secondary N) is 2. The highest BCUT2D eigenvalue weighted by Gasteiger charge is 2.35. The monoisotopic (exact) mass is 392 g/mol. The summed E-state index contributed by atoms with van der Waals surface area (Å²) in [7, 11) is 3.12. The number of carbonyl (C=O) groups is 2. The smallest absolute Gasteiger partial charge is 0.227 e. The summed E-state index contributed by atoms with van der Waals surface area (Å²) in [5, 5.41) is 10.2. The number of rotatable bonds is 7. The van der Waals surface area contributed by atoms with Gasteiger partial charge in [0.15, 0.2) is 0 Å². The molecule has 0 unspecified atom stereocenters. The number of methoxy groups -OCH3 is 2. The Bertz CT molecular complexity index is 839. The van der Waals surface area contributed by atoms with Crippen molar-refractivity contribution >= 4 is 29.1 Å². The Hall–Kier alpha value is -2.58. The standard InChI is InChI=1S/C18H21ClN4O4/c1-26-10-13-6-12(21-22-13)8-20-18(25)11-5-17(24)23(9-11)14-3-4-16(27-2)15(19)7-14/h3-4,6-7,11H,5,8-10H2,1-2H3,(H,20,25)(H,21,22)/t11-/m1/s1. The van der Waals surface area contributed by atoms with Crippen molar-refractivity contribution in [3.63, 3.8) is 0 Å². The van der Waals surface area contributed by atoms with Crippen LogP contribution in [0, 0.1) is 5.92 Å². The van der Waals surface area contributed by atoms with Gasteiger partial charge in [0.25, 0.3) is 0 Å². The zero-order valence-electron chi connectivity index (χ0n) is 15.1. The third-order valence-electron chi connectivity index (χ3n) is 4.37. The zero-order chi connectivity index (χ0) is 19.4. The lowest BCUT2D eigenvalue weighted by Gasteiger charge is -2.17. The number of hydrogen-bond acceptors (Lipinski definition) is 5. The van der Waals surface area contributed by atoms with Crippen LogP contribution in [-0.4, -0.2) is 42.8 Å². The lowest BCUT2D eigenvalue weighted by molar-refractivity contribution is -0.126. The predicted octanol–water partition coefficient (Wildman–Crippen LogP) is 1.89. The van der Waals surface area contributed by atoms with Gasteiger partial charge in [-0.25, -0.2) is 0 Å². The van der Waals surface area contributed by atoms with Crippen molar-refractivity contribution in [2.45, 2.75) is 19.6 Å². The molecule has 0 bridgehead atoms. The summed E-state index contributed by atoms with van der Waals surface area (Å²) in [6.07, 6.45) is 0.160. The average molecular weight is 393 g/mol. The van der Waals surface area contributed by atoms with Crippen molar-refractivity contribution in [3.05, 3.63) is 40.7 Å². The molecule has 0 aliphatic carbocycles. The number of halogens is 1. The first-order chi connectivity index (χ1) is 13.0. The number of hydrogen-bond donors (Lipinski definition) is 2. The summed E-state index contributed by atoms with van der Waals surface area (Å²) in [5.41, 5.74) is 2.19. The van der Waals surface area contributed by atoms with E-state index in [0.29, 0.717) is 36.2 Å². The third kappa shape index (κ3) is 4.40. The largest absolute Gasteiger partial charge is 0.495 e. The predicted molar refractivity (Wildman–Crippen MR) is 99.6 cm³/mol. The summed E-state index contributed by atoms with van der Waals surface area (Å²) in [4.78, 5) is 26.4. The van der Waals surface area contributed by atoms with Gasteiger partial charge in [-0.2, -0.15) is 5.10 Å². The minimum atomic E-state index is -0.417. The number of carbonyl (C=O) groups excluding carboxylic acids is 2. The van der Waals surface area contributed by atoms with Gasteiger partial charge in [-0.1, -0.05) is 11.6 Å². The fourth-order valence-corrected chi connectivity index (χ4v) is 3.26. The number of benzene rings is 1. The molecule has 1 aliphatic rings. The first-order valence-electron chi connectivity index (χ1n) is 8.45. The van der Waals surface area contributed by atoms with E-state index < -0.39 is 5.92 Å². The van der Waals surface area contributed by atoms with Gasteiger partial charge >= 0.3 is 0 Å². The first kappa shape index (κ1) is 19.2. The van der Waals surface area contributed by atoms with Crippen LogP contribution < -0.4 is 15.0 Å². The molecule has 1 saturated heterocycles. The van der Waals surface area contributed by atoms with E-state index in [0.717, 1.165) is 11.4 Å². The summed E-state index contributed by atoms with van der Waals surface area (Å²) < 4.78 is 10.1. The van der Waals surface area contributed by atoms with Gasteiger partial charge in [-0.15, -0.1) is 0 Å². The number of ether oxygens (including phenoxy) is 2. The Kier molecular flexibility index (Phi) is 5.98. The molecule has 144 valence electrons. The topological polar surface area (TPSA) is 96.5 Å². The molecule has 1 fully saturated rings. The van der Waals surface area contributed by atoms with Gasteiger partial charge < -0.3 is 19.7 Å². The van der Waals surface area contributed by atoms with Crippen molar-refractivity contribution in [2.75, 3.05) is 25.7 Å². The van der Waals surface area contributed by atoms with Crippen LogP contribution in [0.5, 0.6) is 5.75 Å². The Morgan fingerprint density at radius 1 is 1.41 bits per heavy atom. The number of aromatic nitrogens is 2. The highest BCUT2D eigenvalue weighted by atomic mass is 35.5. The summed E-state index contributed by atoms with van der Waals surface area (Å²) in [5.74, 6) is -0.165. The van der Waals surface area contributed by atoms with Gasteiger partial charge in [0.05, 0.1) is 42.6 Å². The molecule has 0 spiro atoms. The second-order valence-corrected chi connectivity index (χ2v) is 6.67. The molecule has 1 aromatic heterocycles. The maximum absolute atomic E-state index is 12.4. The Labute approximate surface area is 161 Å². The molecule has 1 atom stereocenters. The average Bonchev–Trinajstić information content (AvgIpc) is 3.26. The van der Waals surface area contributed by atoms with Crippen molar-refractivity contribution < 1.29 is 19.1 Å². The molecule has 8 nitrogen and oxygen atoms in total. The SMILES string of the molecule is COCc1cc(CNC(=O)[C@@H]2CC(=O)N(c3ccc(OC)c(Cl)c3)C2)[nH]n1. The van der Waals surface area contributed by atoms with Crippen LogP contribution in [0.25, 0.3) is 0 Å². The zero-order valence-corrected chi connectivity index (χ0v) is 15.9. The molecular formula is C18H21ClN4O4. The number of nitrogens with zero attached hydrogens (tertiary/aromatic N) is 2. The van der Waals surface area contributed by atoms with Crippen molar-refractivity contribution in [2.24, 2.45) is 5.92 Å².